The third-order valence-corrected chi connectivity index (χ3v) is 11.2. The molecular weight excluding hydrogens is 636 g/mol. The molecule has 48 heavy (non-hydrogen) atoms. The average molecular weight is 676 g/mol. The topological polar surface area (TPSA) is 114 Å². The van der Waals surface area contributed by atoms with Gasteiger partial charge in [-0.05, 0) is 79.0 Å². The molecule has 0 saturated carbocycles. The largest absolute Gasteiger partial charge is 0.481 e. The van der Waals surface area contributed by atoms with Crippen LogP contribution in [0.1, 0.15) is 67.8 Å². The van der Waals surface area contributed by atoms with E-state index in [2.05, 4.69) is 4.98 Å². The fraction of sp³-hybridized carbons (Fsp3) is 0.351. The summed E-state index contributed by atoms with van der Waals surface area (Å²) in [4.78, 5) is 14.3. The summed E-state index contributed by atoms with van der Waals surface area (Å²) < 4.78 is 66.5. The number of sulfone groups is 1. The number of nitrogens with zero attached hydrogens (tertiary/aromatic N) is 2. The third kappa shape index (κ3) is 7.16. The molecule has 11 heteroatoms. The lowest BCUT2D eigenvalue weighted by atomic mass is 9.87. The molecule has 0 amide bonds. The van der Waals surface area contributed by atoms with E-state index in [4.69, 9.17) is 9.84 Å². The highest BCUT2D eigenvalue weighted by Gasteiger charge is 2.30. The average Bonchev–Trinajstić information content (AvgIpc) is 3.64. The Balaban J connectivity index is 1.51. The molecule has 3 aromatic carbocycles. The molecule has 8 nitrogen and oxygen atoms in total. The first-order valence-corrected chi connectivity index (χ1v) is 17.9. The van der Waals surface area contributed by atoms with Gasteiger partial charge in [0.25, 0.3) is 0 Å². The second kappa shape index (κ2) is 13.2. The SMILES string of the molecule is Cc1cnn2c1-c1cc(ccc1F)Oc1c(F)cc3[nH]ccc3c1CCS(=O)(=O)CC(C)(C)CCCC2c1cccc(CCC(=O)O)c1. The minimum atomic E-state index is -3.56. The number of halogens is 2. The molecule has 0 fully saturated rings. The Morgan fingerprint density at radius 3 is 2.73 bits per heavy atom. The molecule has 1 aliphatic heterocycles. The standard InChI is InChI=1S/C37H39F2N3O5S/c1-23-21-41-42-33(25-7-4-6-24(18-25)9-12-34(43)44)8-5-15-37(2,3)22-48(45,46)17-14-28-27-13-16-40-32(27)20-31(39)36(28)47-26-10-11-30(38)29(19-26)35(23)42/h4,6-7,10-11,13,16,18-21,33,40H,5,8-9,12,14-15,17,22H2,1-3H3,(H,43,44). The van der Waals surface area contributed by atoms with E-state index in [9.17, 15) is 18.3 Å². The van der Waals surface area contributed by atoms with Crippen LogP contribution in [-0.2, 0) is 27.5 Å². The summed E-state index contributed by atoms with van der Waals surface area (Å²) in [6.45, 7) is 5.72. The number of carboxylic acids is 1. The van der Waals surface area contributed by atoms with E-state index in [0.29, 0.717) is 47.8 Å². The first kappa shape index (κ1) is 33.4. The molecule has 1 atom stereocenters. The Bertz CT molecular complexity index is 2100. The van der Waals surface area contributed by atoms with E-state index in [1.807, 2.05) is 45.0 Å². The summed E-state index contributed by atoms with van der Waals surface area (Å²) >= 11 is 0. The summed E-state index contributed by atoms with van der Waals surface area (Å²) in [6, 6.07) is 14.6. The minimum absolute atomic E-state index is 0.0136. The fourth-order valence-corrected chi connectivity index (χ4v) is 8.87. The highest BCUT2D eigenvalue weighted by molar-refractivity contribution is 7.91. The number of aromatic nitrogens is 3. The monoisotopic (exact) mass is 675 g/mol. The summed E-state index contributed by atoms with van der Waals surface area (Å²) in [5.41, 5.74) is 3.61. The molecule has 0 spiro atoms. The van der Waals surface area contributed by atoms with E-state index in [1.165, 1.54) is 24.3 Å². The van der Waals surface area contributed by atoms with Crippen LogP contribution in [0, 0.1) is 24.0 Å². The van der Waals surface area contributed by atoms with Gasteiger partial charge in [-0.25, -0.2) is 17.2 Å². The van der Waals surface area contributed by atoms with Gasteiger partial charge in [0.2, 0.25) is 0 Å². The van der Waals surface area contributed by atoms with Gasteiger partial charge in [0.15, 0.2) is 21.4 Å². The van der Waals surface area contributed by atoms with Crippen molar-refractivity contribution in [3.05, 3.63) is 101 Å². The number of carbonyl (C=O) groups is 1. The lowest BCUT2D eigenvalue weighted by molar-refractivity contribution is -0.136. The lowest BCUT2D eigenvalue weighted by Gasteiger charge is -2.27. The number of fused-ring (bicyclic) bond motifs is 7. The van der Waals surface area contributed by atoms with Crippen LogP contribution in [0.5, 0.6) is 11.5 Å². The van der Waals surface area contributed by atoms with E-state index >= 15 is 8.78 Å². The predicted molar refractivity (Wildman–Crippen MR) is 181 cm³/mol. The highest BCUT2D eigenvalue weighted by Crippen LogP contribution is 2.40. The van der Waals surface area contributed by atoms with Crippen LogP contribution in [0.3, 0.4) is 0 Å². The molecule has 1 unspecified atom stereocenters. The molecular formula is C37H39F2N3O5S. The summed E-state index contributed by atoms with van der Waals surface area (Å²) in [5, 5.41) is 14.6. The van der Waals surface area contributed by atoms with Crippen molar-refractivity contribution in [1.29, 1.82) is 0 Å². The van der Waals surface area contributed by atoms with E-state index in [-0.39, 0.29) is 47.5 Å². The van der Waals surface area contributed by atoms with Crippen LogP contribution in [0.4, 0.5) is 8.78 Å². The molecule has 0 aliphatic carbocycles. The van der Waals surface area contributed by atoms with Crippen molar-refractivity contribution in [1.82, 2.24) is 14.8 Å². The number of aliphatic carboxylic acids is 1. The van der Waals surface area contributed by atoms with Crippen LogP contribution < -0.4 is 4.74 Å². The highest BCUT2D eigenvalue weighted by atomic mass is 32.2. The van der Waals surface area contributed by atoms with Gasteiger partial charge < -0.3 is 14.8 Å². The minimum Gasteiger partial charge on any atom is -0.481 e. The second-order valence-electron chi connectivity index (χ2n) is 13.5. The van der Waals surface area contributed by atoms with Crippen LogP contribution in [0.25, 0.3) is 22.2 Å². The number of rotatable bonds is 4. The van der Waals surface area contributed by atoms with Crippen molar-refractivity contribution in [3.8, 4) is 22.8 Å². The Morgan fingerprint density at radius 1 is 1.12 bits per heavy atom. The Kier molecular flexibility index (Phi) is 9.17. The number of aryl methyl sites for hydroxylation is 3. The zero-order chi connectivity index (χ0) is 34.2. The van der Waals surface area contributed by atoms with Gasteiger partial charge in [0.05, 0.1) is 29.4 Å². The van der Waals surface area contributed by atoms with Crippen LogP contribution >= 0.6 is 0 Å². The number of nitrogens with one attached hydrogen (secondary N) is 1. The van der Waals surface area contributed by atoms with Crippen molar-refractivity contribution >= 4 is 26.7 Å². The molecule has 2 N–H and O–H groups in total. The molecule has 252 valence electrons. The second-order valence-corrected chi connectivity index (χ2v) is 15.7. The number of ether oxygens (including phenoxy) is 1. The molecule has 3 heterocycles. The summed E-state index contributed by atoms with van der Waals surface area (Å²) in [5.74, 6) is -2.20. The van der Waals surface area contributed by atoms with Gasteiger partial charge in [-0.15, -0.1) is 0 Å². The van der Waals surface area contributed by atoms with Crippen molar-refractivity contribution in [2.24, 2.45) is 5.41 Å². The molecule has 2 aromatic heterocycles. The number of hydrogen-bond donors (Lipinski definition) is 2. The molecule has 1 aliphatic rings. The number of aromatic amines is 1. The first-order chi connectivity index (χ1) is 22.8. The number of H-pyrrole nitrogens is 1. The van der Waals surface area contributed by atoms with Crippen LogP contribution in [-0.4, -0.2) is 45.8 Å². The van der Waals surface area contributed by atoms with E-state index in [0.717, 1.165) is 16.7 Å². The zero-order valence-electron chi connectivity index (χ0n) is 27.2. The molecule has 5 aromatic rings. The molecule has 6 rings (SSSR count). The van der Waals surface area contributed by atoms with Gasteiger partial charge in [-0.3, -0.25) is 9.48 Å². The van der Waals surface area contributed by atoms with Crippen molar-refractivity contribution in [2.45, 2.75) is 65.3 Å². The maximum absolute atomic E-state index is 15.8. The number of benzene rings is 3. The van der Waals surface area contributed by atoms with Gasteiger partial charge in [-0.1, -0.05) is 44.5 Å². The smallest absolute Gasteiger partial charge is 0.303 e. The van der Waals surface area contributed by atoms with Crippen molar-refractivity contribution < 1.29 is 31.8 Å². The first-order valence-electron chi connectivity index (χ1n) is 16.1. The van der Waals surface area contributed by atoms with E-state index < -0.39 is 32.9 Å². The normalized spacial score (nSPS) is 18.0. The predicted octanol–water partition coefficient (Wildman–Crippen LogP) is 8.18. The van der Waals surface area contributed by atoms with Crippen LogP contribution in [0.15, 0.2) is 67.0 Å². The fourth-order valence-electron chi connectivity index (χ4n) is 6.88. The van der Waals surface area contributed by atoms with Gasteiger partial charge in [-0.2, -0.15) is 5.10 Å². The third-order valence-electron chi connectivity index (χ3n) is 9.12. The van der Waals surface area contributed by atoms with Crippen molar-refractivity contribution in [2.75, 3.05) is 11.5 Å². The van der Waals surface area contributed by atoms with Crippen molar-refractivity contribution in [3.63, 3.8) is 0 Å². The maximum Gasteiger partial charge on any atom is 0.303 e. The Hall–Kier alpha value is -4.51. The van der Waals surface area contributed by atoms with Gasteiger partial charge in [0.1, 0.15) is 11.6 Å². The molecule has 2 bridgehead atoms. The summed E-state index contributed by atoms with van der Waals surface area (Å²) in [6.07, 6.45) is 5.54. The number of carboxylic acid groups (broad SMARTS) is 1. The maximum atomic E-state index is 15.8. The molecule has 0 saturated heterocycles. The number of hydrogen-bond acceptors (Lipinski definition) is 5. The molecule has 0 radical (unpaired) electrons. The lowest BCUT2D eigenvalue weighted by Crippen LogP contribution is -2.27. The van der Waals surface area contributed by atoms with E-state index in [1.54, 1.807) is 23.1 Å². The Morgan fingerprint density at radius 2 is 1.94 bits per heavy atom. The Labute approximate surface area is 278 Å². The van der Waals surface area contributed by atoms with Gasteiger partial charge in [0, 0.05) is 40.7 Å². The quantitative estimate of drug-likeness (QED) is 0.199. The van der Waals surface area contributed by atoms with Gasteiger partial charge >= 0.3 is 5.97 Å². The van der Waals surface area contributed by atoms with Crippen LogP contribution in [0.2, 0.25) is 0 Å². The zero-order valence-corrected chi connectivity index (χ0v) is 28.0. The summed E-state index contributed by atoms with van der Waals surface area (Å²) in [7, 11) is -3.56.